The Kier molecular flexibility index (Phi) is 5.86. The highest BCUT2D eigenvalue weighted by Crippen LogP contribution is 2.39. The molecule has 0 fully saturated rings. The van der Waals surface area contributed by atoms with Gasteiger partial charge in [0.25, 0.3) is 0 Å². The molecule has 0 atom stereocenters. The molecule has 44 heavy (non-hydrogen) atoms. The highest BCUT2D eigenvalue weighted by molar-refractivity contribution is 6.11. The number of fused-ring (bicyclic) bond motifs is 5. The van der Waals surface area contributed by atoms with Gasteiger partial charge in [-0.2, -0.15) is 10.5 Å². The minimum atomic E-state index is 0.460. The van der Waals surface area contributed by atoms with E-state index in [2.05, 4.69) is 131 Å². The highest BCUT2D eigenvalue weighted by atomic mass is 15.0. The molecule has 4 nitrogen and oxygen atoms in total. The molecule has 0 spiro atoms. The van der Waals surface area contributed by atoms with Gasteiger partial charge in [-0.1, -0.05) is 84.9 Å². The predicted molar refractivity (Wildman–Crippen MR) is 180 cm³/mol. The lowest BCUT2D eigenvalue weighted by atomic mass is 9.97. The second-order valence-corrected chi connectivity index (χ2v) is 11.0. The third-order valence-electron chi connectivity index (χ3n) is 8.39. The van der Waals surface area contributed by atoms with Crippen LogP contribution in [0.15, 0.2) is 140 Å². The molecule has 1 aromatic heterocycles. The zero-order chi connectivity index (χ0) is 29.6. The Morgan fingerprint density at radius 1 is 0.523 bits per heavy atom. The van der Waals surface area contributed by atoms with Crippen LogP contribution in [0.5, 0.6) is 0 Å². The van der Waals surface area contributed by atoms with E-state index < -0.39 is 0 Å². The van der Waals surface area contributed by atoms with E-state index in [1.165, 1.54) is 10.8 Å². The molecule has 0 aliphatic rings. The monoisotopic (exact) mass is 560 g/mol. The fraction of sp³-hybridized carbons (Fsp3) is 0. The van der Waals surface area contributed by atoms with Crippen LogP contribution in [0.25, 0.3) is 60.2 Å². The fourth-order valence-electron chi connectivity index (χ4n) is 6.29. The van der Waals surface area contributed by atoms with Crippen molar-refractivity contribution in [2.24, 2.45) is 0 Å². The van der Waals surface area contributed by atoms with Crippen molar-refractivity contribution in [3.63, 3.8) is 0 Å². The zero-order valence-electron chi connectivity index (χ0n) is 23.6. The lowest BCUT2D eigenvalue weighted by Gasteiger charge is -2.16. The van der Waals surface area contributed by atoms with Gasteiger partial charge < -0.3 is 9.88 Å². The number of anilines is 2. The number of nitrogens with one attached hydrogen (secondary N) is 1. The summed E-state index contributed by atoms with van der Waals surface area (Å²) in [6.07, 6.45) is 0. The van der Waals surface area contributed by atoms with Gasteiger partial charge in [0.2, 0.25) is 0 Å². The summed E-state index contributed by atoms with van der Waals surface area (Å²) in [6, 6.07) is 52.3. The number of benzene rings is 7. The first-order valence-electron chi connectivity index (χ1n) is 14.5. The molecule has 0 aliphatic heterocycles. The lowest BCUT2D eigenvalue weighted by molar-refractivity contribution is 1.17. The second-order valence-electron chi connectivity index (χ2n) is 11.0. The summed E-state index contributed by atoms with van der Waals surface area (Å²) >= 11 is 0. The summed E-state index contributed by atoms with van der Waals surface area (Å²) in [5, 5.41) is 30.2. The molecule has 204 valence electrons. The summed E-state index contributed by atoms with van der Waals surface area (Å²) in [6.45, 7) is 0. The predicted octanol–water partition coefficient (Wildman–Crippen LogP) is 10.2. The van der Waals surface area contributed by atoms with Crippen molar-refractivity contribution in [3.05, 3.63) is 151 Å². The first kappa shape index (κ1) is 25.4. The van der Waals surface area contributed by atoms with Crippen molar-refractivity contribution in [2.45, 2.75) is 0 Å². The summed E-state index contributed by atoms with van der Waals surface area (Å²) < 4.78 is 2.14. The van der Waals surface area contributed by atoms with Crippen LogP contribution in [-0.4, -0.2) is 4.57 Å². The summed E-state index contributed by atoms with van der Waals surface area (Å²) in [4.78, 5) is 0. The molecule has 1 heterocycles. The van der Waals surface area contributed by atoms with Crippen LogP contribution in [0.4, 0.5) is 11.4 Å². The molecule has 1 N–H and O–H groups in total. The van der Waals surface area contributed by atoms with Crippen LogP contribution >= 0.6 is 0 Å². The van der Waals surface area contributed by atoms with Crippen molar-refractivity contribution in [2.75, 3.05) is 5.32 Å². The Hall–Kier alpha value is -6.36. The smallest absolute Gasteiger partial charge is 0.101 e. The quantitative estimate of drug-likeness (QED) is 0.233. The first-order chi connectivity index (χ1) is 21.7. The Balaban J connectivity index is 1.36. The van der Waals surface area contributed by atoms with E-state index in [9.17, 15) is 10.5 Å². The lowest BCUT2D eigenvalue weighted by Crippen LogP contribution is -1.98. The van der Waals surface area contributed by atoms with E-state index >= 15 is 0 Å². The van der Waals surface area contributed by atoms with Gasteiger partial charge in [-0.25, -0.2) is 0 Å². The molecule has 0 saturated carbocycles. The largest absolute Gasteiger partial charge is 0.355 e. The number of hydrogen-bond donors (Lipinski definition) is 1. The average molecular weight is 561 g/mol. The fourth-order valence-corrected chi connectivity index (χ4v) is 6.29. The molecule has 0 radical (unpaired) electrons. The Morgan fingerprint density at radius 2 is 1.23 bits per heavy atom. The second kappa shape index (κ2) is 10.2. The third-order valence-corrected chi connectivity index (χ3v) is 8.39. The molecule has 7 aromatic carbocycles. The summed E-state index contributed by atoms with van der Waals surface area (Å²) in [5.74, 6) is 0. The van der Waals surface area contributed by atoms with Gasteiger partial charge in [0, 0.05) is 27.7 Å². The maximum atomic E-state index is 10.1. The molecule has 0 saturated heterocycles. The number of nitrogens with zero attached hydrogens (tertiary/aromatic N) is 3. The van der Waals surface area contributed by atoms with Crippen molar-refractivity contribution < 1.29 is 0 Å². The van der Waals surface area contributed by atoms with Crippen LogP contribution in [0, 0.1) is 22.7 Å². The van der Waals surface area contributed by atoms with Crippen LogP contribution < -0.4 is 5.32 Å². The Bertz CT molecular complexity index is 2510. The molecule has 0 bridgehead atoms. The van der Waals surface area contributed by atoms with Crippen LogP contribution in [0.1, 0.15) is 11.1 Å². The van der Waals surface area contributed by atoms with E-state index in [0.29, 0.717) is 11.1 Å². The molecular weight excluding hydrogens is 536 g/mol. The van der Waals surface area contributed by atoms with Gasteiger partial charge in [-0.05, 0) is 81.7 Å². The van der Waals surface area contributed by atoms with E-state index in [1.54, 1.807) is 12.1 Å². The standard InChI is InChI=1S/C40H24N4/c41-24-26-13-18-38(32(19-26)25-42)44-39-12-6-5-11-34(39)35-17-15-31(23-40(35)44)36-21-29-9-3-4-10-30(29)22-37(36)43-33-16-14-27-7-1-2-8-28(27)20-33/h1-23,43H. The molecule has 8 rings (SSSR count). The minimum Gasteiger partial charge on any atom is -0.355 e. The third kappa shape index (κ3) is 4.14. The number of aromatic nitrogens is 1. The normalized spacial score (nSPS) is 11.1. The molecule has 0 aliphatic carbocycles. The van der Waals surface area contributed by atoms with E-state index in [0.717, 1.165) is 60.8 Å². The average Bonchev–Trinajstić information content (AvgIpc) is 3.41. The van der Waals surface area contributed by atoms with Crippen molar-refractivity contribution in [3.8, 4) is 29.0 Å². The number of hydrogen-bond acceptors (Lipinski definition) is 3. The number of rotatable bonds is 4. The summed E-state index contributed by atoms with van der Waals surface area (Å²) in [5.41, 5.74) is 7.85. The van der Waals surface area contributed by atoms with Crippen LogP contribution in [-0.2, 0) is 0 Å². The molecular formula is C40H24N4. The van der Waals surface area contributed by atoms with Crippen molar-refractivity contribution in [1.29, 1.82) is 10.5 Å². The van der Waals surface area contributed by atoms with Gasteiger partial charge in [-0.15, -0.1) is 0 Å². The van der Waals surface area contributed by atoms with Crippen LogP contribution in [0.2, 0.25) is 0 Å². The molecule has 8 aromatic rings. The Labute approximate surface area is 254 Å². The van der Waals surface area contributed by atoms with Gasteiger partial charge in [0.05, 0.1) is 33.9 Å². The molecule has 0 amide bonds. The van der Waals surface area contributed by atoms with Crippen molar-refractivity contribution in [1.82, 2.24) is 4.57 Å². The van der Waals surface area contributed by atoms with Gasteiger partial charge in [0.1, 0.15) is 6.07 Å². The topological polar surface area (TPSA) is 64.5 Å². The molecule has 4 heteroatoms. The number of nitriles is 2. The van der Waals surface area contributed by atoms with E-state index in [-0.39, 0.29) is 0 Å². The van der Waals surface area contributed by atoms with Gasteiger partial charge in [-0.3, -0.25) is 0 Å². The first-order valence-corrected chi connectivity index (χ1v) is 14.5. The highest BCUT2D eigenvalue weighted by Gasteiger charge is 2.17. The van der Waals surface area contributed by atoms with Gasteiger partial charge >= 0.3 is 0 Å². The van der Waals surface area contributed by atoms with Crippen molar-refractivity contribution >= 4 is 54.7 Å². The SMILES string of the molecule is N#Cc1ccc(-n2c3ccccc3c3ccc(-c4cc5ccccc5cc4Nc4ccc5ccccc5c4)cc32)c(C#N)c1. The van der Waals surface area contributed by atoms with E-state index in [1.807, 2.05) is 18.2 Å². The maximum absolute atomic E-state index is 10.1. The van der Waals surface area contributed by atoms with E-state index in [4.69, 9.17) is 0 Å². The van der Waals surface area contributed by atoms with Crippen LogP contribution in [0.3, 0.4) is 0 Å². The number of para-hydroxylation sites is 1. The zero-order valence-corrected chi connectivity index (χ0v) is 23.6. The molecule has 0 unspecified atom stereocenters. The van der Waals surface area contributed by atoms with Gasteiger partial charge in [0.15, 0.2) is 0 Å². The summed E-state index contributed by atoms with van der Waals surface area (Å²) in [7, 11) is 0. The minimum absolute atomic E-state index is 0.460. The Morgan fingerprint density at radius 3 is 2.02 bits per heavy atom. The maximum Gasteiger partial charge on any atom is 0.101 e.